The average Bonchev–Trinajstić information content (AvgIpc) is 2.88. The van der Waals surface area contributed by atoms with E-state index < -0.39 is 0 Å². The molecule has 2 heterocycles. The van der Waals surface area contributed by atoms with Gasteiger partial charge in [-0.05, 0) is 17.0 Å². The molecule has 0 spiro atoms. The molecule has 2 atom stereocenters. The van der Waals surface area contributed by atoms with Crippen molar-refractivity contribution in [3.05, 3.63) is 58.3 Å². The number of amides is 1. The van der Waals surface area contributed by atoms with E-state index in [-0.39, 0.29) is 17.9 Å². The Balaban J connectivity index is 1.96. The fraction of sp³-hybridized carbons (Fsp3) is 0.214. The van der Waals surface area contributed by atoms with Crippen molar-refractivity contribution in [3.8, 4) is 0 Å². The van der Waals surface area contributed by atoms with Crippen molar-refractivity contribution in [3.63, 3.8) is 0 Å². The monoisotopic (exact) mass is 243 g/mol. The number of rotatable bonds is 2. The molecule has 86 valence electrons. The lowest BCUT2D eigenvalue weighted by molar-refractivity contribution is -0.147. The van der Waals surface area contributed by atoms with E-state index >= 15 is 0 Å². The number of carbonyl (C=O) groups excluding carboxylic acids is 1. The topological polar surface area (TPSA) is 20.3 Å². The summed E-state index contributed by atoms with van der Waals surface area (Å²) >= 11 is 1.66. The average molecular weight is 243 g/mol. The van der Waals surface area contributed by atoms with Crippen LogP contribution in [0.2, 0.25) is 0 Å². The van der Waals surface area contributed by atoms with E-state index in [2.05, 4.69) is 18.2 Å². The summed E-state index contributed by atoms with van der Waals surface area (Å²) in [6.07, 6.45) is 0. The summed E-state index contributed by atoms with van der Waals surface area (Å²) in [5.41, 5.74) is 1.22. The Hall–Kier alpha value is -1.61. The third kappa shape index (κ3) is 1.58. The number of carbonyl (C=O) groups is 1. The standard InChI is InChI=1S/C14H13NOS/c1-15-13(10-6-3-2-4-7-10)12(14(15)16)11-8-5-9-17-11/h2-9,12-13H,1H3/t12-,13-/m1/s1. The van der Waals surface area contributed by atoms with Gasteiger partial charge in [-0.2, -0.15) is 0 Å². The molecule has 0 radical (unpaired) electrons. The highest BCUT2D eigenvalue weighted by Crippen LogP contribution is 2.46. The quantitative estimate of drug-likeness (QED) is 0.742. The van der Waals surface area contributed by atoms with Crippen LogP contribution in [0.15, 0.2) is 47.8 Å². The van der Waals surface area contributed by atoms with E-state index in [4.69, 9.17) is 0 Å². The molecule has 0 N–H and O–H groups in total. The van der Waals surface area contributed by atoms with Gasteiger partial charge in [0, 0.05) is 11.9 Å². The number of hydrogen-bond donors (Lipinski definition) is 0. The van der Waals surface area contributed by atoms with Crippen LogP contribution in [0.3, 0.4) is 0 Å². The second-order valence-electron chi connectivity index (χ2n) is 4.30. The lowest BCUT2D eigenvalue weighted by Crippen LogP contribution is -2.50. The second-order valence-corrected chi connectivity index (χ2v) is 5.28. The van der Waals surface area contributed by atoms with Gasteiger partial charge in [0.05, 0.1) is 12.0 Å². The van der Waals surface area contributed by atoms with Crippen LogP contribution in [0.4, 0.5) is 0 Å². The van der Waals surface area contributed by atoms with Crippen LogP contribution in [0.5, 0.6) is 0 Å². The van der Waals surface area contributed by atoms with Gasteiger partial charge in [-0.3, -0.25) is 4.79 Å². The van der Waals surface area contributed by atoms with E-state index in [0.29, 0.717) is 0 Å². The molecule has 1 aliphatic heterocycles. The SMILES string of the molecule is CN1C(=O)[C@H](c2cccs2)[C@H]1c1ccccc1. The van der Waals surface area contributed by atoms with E-state index in [1.165, 1.54) is 10.4 Å². The summed E-state index contributed by atoms with van der Waals surface area (Å²) in [4.78, 5) is 15.0. The Bertz CT molecular complexity index is 520. The maximum absolute atomic E-state index is 12.0. The number of thiophene rings is 1. The molecule has 1 aromatic carbocycles. The summed E-state index contributed by atoms with van der Waals surface area (Å²) in [5, 5.41) is 2.03. The molecule has 2 aromatic rings. The van der Waals surface area contributed by atoms with Gasteiger partial charge in [-0.15, -0.1) is 11.3 Å². The summed E-state index contributed by atoms with van der Waals surface area (Å²) in [6, 6.07) is 14.5. The molecule has 0 unspecified atom stereocenters. The van der Waals surface area contributed by atoms with Gasteiger partial charge in [0.2, 0.25) is 5.91 Å². The van der Waals surface area contributed by atoms with Crippen molar-refractivity contribution in [1.29, 1.82) is 0 Å². The van der Waals surface area contributed by atoms with Crippen LogP contribution in [-0.2, 0) is 4.79 Å². The van der Waals surface area contributed by atoms with Crippen LogP contribution in [0.1, 0.15) is 22.4 Å². The first-order chi connectivity index (χ1) is 8.29. The molecule has 3 heteroatoms. The molecule has 2 nitrogen and oxygen atoms in total. The number of likely N-dealkylation sites (tertiary alicyclic amines) is 1. The van der Waals surface area contributed by atoms with Crippen LogP contribution >= 0.6 is 11.3 Å². The van der Waals surface area contributed by atoms with Crippen molar-refractivity contribution in [1.82, 2.24) is 4.90 Å². The van der Waals surface area contributed by atoms with Gasteiger partial charge in [0.25, 0.3) is 0 Å². The van der Waals surface area contributed by atoms with Gasteiger partial charge >= 0.3 is 0 Å². The highest BCUT2D eigenvalue weighted by atomic mass is 32.1. The van der Waals surface area contributed by atoms with Crippen LogP contribution in [0, 0.1) is 0 Å². The highest BCUT2D eigenvalue weighted by Gasteiger charge is 2.46. The maximum Gasteiger partial charge on any atom is 0.233 e. The normalized spacial score (nSPS) is 23.6. The van der Waals surface area contributed by atoms with E-state index in [0.717, 1.165) is 0 Å². The number of β-lactam (4-membered cyclic amide) rings is 1. The maximum atomic E-state index is 12.0. The first-order valence-corrected chi connectivity index (χ1v) is 6.52. The van der Waals surface area contributed by atoms with Crippen molar-refractivity contribution in [2.45, 2.75) is 12.0 Å². The zero-order valence-electron chi connectivity index (χ0n) is 9.54. The van der Waals surface area contributed by atoms with Crippen molar-refractivity contribution in [2.24, 2.45) is 0 Å². The smallest absolute Gasteiger partial charge is 0.233 e. The van der Waals surface area contributed by atoms with Crippen LogP contribution in [0.25, 0.3) is 0 Å². The Kier molecular flexibility index (Phi) is 2.48. The third-order valence-corrected chi connectivity index (χ3v) is 4.29. The fourth-order valence-electron chi connectivity index (χ4n) is 2.44. The Morgan fingerprint density at radius 2 is 1.88 bits per heavy atom. The van der Waals surface area contributed by atoms with E-state index in [1.54, 1.807) is 11.3 Å². The van der Waals surface area contributed by atoms with Crippen molar-refractivity contribution < 1.29 is 4.79 Å². The zero-order valence-corrected chi connectivity index (χ0v) is 10.4. The molecule has 1 aliphatic rings. The molecule has 1 amide bonds. The molecule has 17 heavy (non-hydrogen) atoms. The molecule has 1 saturated heterocycles. The summed E-state index contributed by atoms with van der Waals surface area (Å²) < 4.78 is 0. The Morgan fingerprint density at radius 1 is 1.12 bits per heavy atom. The molecular formula is C14H13NOS. The van der Waals surface area contributed by atoms with Gasteiger partial charge in [0.1, 0.15) is 0 Å². The van der Waals surface area contributed by atoms with Gasteiger partial charge < -0.3 is 4.90 Å². The third-order valence-electron chi connectivity index (χ3n) is 3.34. The van der Waals surface area contributed by atoms with Gasteiger partial charge in [-0.1, -0.05) is 36.4 Å². The van der Waals surface area contributed by atoms with E-state index in [1.807, 2.05) is 41.6 Å². The predicted molar refractivity (Wildman–Crippen MR) is 69.0 cm³/mol. The minimum absolute atomic E-state index is 0.0161. The lowest BCUT2D eigenvalue weighted by atomic mass is 9.82. The van der Waals surface area contributed by atoms with Crippen molar-refractivity contribution in [2.75, 3.05) is 7.05 Å². The molecule has 1 fully saturated rings. The highest BCUT2D eigenvalue weighted by molar-refractivity contribution is 7.10. The molecule has 1 aromatic heterocycles. The van der Waals surface area contributed by atoms with Crippen LogP contribution in [-0.4, -0.2) is 17.9 Å². The molecule has 0 saturated carbocycles. The van der Waals surface area contributed by atoms with Crippen LogP contribution < -0.4 is 0 Å². The first-order valence-electron chi connectivity index (χ1n) is 5.64. The second kappa shape index (κ2) is 4.00. The number of benzene rings is 1. The number of hydrogen-bond acceptors (Lipinski definition) is 2. The molecule has 0 bridgehead atoms. The first kappa shape index (κ1) is 10.5. The summed E-state index contributed by atoms with van der Waals surface area (Å²) in [7, 11) is 1.88. The minimum atomic E-state index is 0.0161. The molecule has 0 aliphatic carbocycles. The lowest BCUT2D eigenvalue weighted by Gasteiger charge is -2.45. The molecular weight excluding hydrogens is 230 g/mol. The minimum Gasteiger partial charge on any atom is -0.337 e. The summed E-state index contributed by atoms with van der Waals surface area (Å²) in [6.45, 7) is 0. The fourth-order valence-corrected chi connectivity index (χ4v) is 3.29. The Morgan fingerprint density at radius 3 is 2.53 bits per heavy atom. The van der Waals surface area contributed by atoms with Gasteiger partial charge in [0.15, 0.2) is 0 Å². The molecule has 3 rings (SSSR count). The summed E-state index contributed by atoms with van der Waals surface area (Å²) in [5.74, 6) is 0.240. The number of likely N-dealkylation sites (N-methyl/N-ethyl adjacent to an activating group) is 1. The van der Waals surface area contributed by atoms with Crippen molar-refractivity contribution >= 4 is 17.2 Å². The number of nitrogens with zero attached hydrogens (tertiary/aromatic N) is 1. The van der Waals surface area contributed by atoms with Gasteiger partial charge in [-0.25, -0.2) is 0 Å². The van der Waals surface area contributed by atoms with E-state index in [9.17, 15) is 4.79 Å². The largest absolute Gasteiger partial charge is 0.337 e. The predicted octanol–water partition coefficient (Wildman–Crippen LogP) is 3.05. The zero-order chi connectivity index (χ0) is 11.8. The Labute approximate surface area is 105 Å².